The number of rotatable bonds is 9. The number of ether oxygens (including phenoxy) is 3. The van der Waals surface area contributed by atoms with E-state index in [1.807, 2.05) is 18.2 Å². The Balaban J connectivity index is 0.00000364. The molecule has 1 aliphatic rings. The summed E-state index contributed by atoms with van der Waals surface area (Å²) >= 11 is 0. The number of hydrogen-bond donors (Lipinski definition) is 2. The van der Waals surface area contributed by atoms with E-state index >= 15 is 0 Å². The predicted octanol–water partition coefficient (Wildman–Crippen LogP) is 2.10. The summed E-state index contributed by atoms with van der Waals surface area (Å²) in [4.78, 5) is 6.67. The number of hydrogen-bond acceptors (Lipinski definition) is 5. The summed E-state index contributed by atoms with van der Waals surface area (Å²) in [5.41, 5.74) is 1.11. The molecule has 8 heteroatoms. The Morgan fingerprint density at radius 1 is 1.22 bits per heavy atom. The summed E-state index contributed by atoms with van der Waals surface area (Å²) in [6.07, 6.45) is 0.971. The zero-order valence-corrected chi connectivity index (χ0v) is 19.0. The predicted molar refractivity (Wildman–Crippen MR) is 120 cm³/mol. The first kappa shape index (κ1) is 23.8. The van der Waals surface area contributed by atoms with Crippen LogP contribution in [0.1, 0.15) is 18.9 Å². The fourth-order valence-electron chi connectivity index (χ4n) is 2.72. The molecule has 1 aliphatic heterocycles. The van der Waals surface area contributed by atoms with Crippen molar-refractivity contribution >= 4 is 29.9 Å². The fraction of sp³-hybridized carbons (Fsp3) is 0.632. The van der Waals surface area contributed by atoms with E-state index in [4.69, 9.17) is 14.2 Å². The number of nitrogens with zero attached hydrogens (tertiary/aromatic N) is 2. The number of guanidine groups is 1. The van der Waals surface area contributed by atoms with Crippen molar-refractivity contribution in [1.82, 2.24) is 15.5 Å². The molecule has 1 aromatic carbocycles. The molecule has 0 unspecified atom stereocenters. The van der Waals surface area contributed by atoms with E-state index in [2.05, 4.69) is 27.4 Å². The maximum Gasteiger partial charge on any atom is 0.191 e. The number of benzene rings is 1. The molecule has 1 saturated heterocycles. The van der Waals surface area contributed by atoms with Crippen molar-refractivity contribution in [2.75, 3.05) is 60.2 Å². The van der Waals surface area contributed by atoms with Gasteiger partial charge in [-0.05, 0) is 24.1 Å². The molecule has 27 heavy (non-hydrogen) atoms. The van der Waals surface area contributed by atoms with E-state index in [1.54, 1.807) is 14.2 Å². The van der Waals surface area contributed by atoms with Crippen molar-refractivity contribution in [3.63, 3.8) is 0 Å². The Kier molecular flexibility index (Phi) is 12.2. The topological polar surface area (TPSA) is 67.4 Å². The van der Waals surface area contributed by atoms with Crippen LogP contribution in [-0.2, 0) is 11.3 Å². The average Bonchev–Trinajstić information content (AvgIpc) is 2.70. The van der Waals surface area contributed by atoms with Gasteiger partial charge in [0.25, 0.3) is 0 Å². The number of methoxy groups -OCH3 is 1. The minimum atomic E-state index is 0. The molecule has 0 aliphatic carbocycles. The lowest BCUT2D eigenvalue weighted by Gasteiger charge is -2.26. The van der Waals surface area contributed by atoms with E-state index in [0.29, 0.717) is 13.2 Å². The minimum Gasteiger partial charge on any atom is -0.493 e. The van der Waals surface area contributed by atoms with Gasteiger partial charge < -0.3 is 24.8 Å². The highest BCUT2D eigenvalue weighted by Crippen LogP contribution is 2.28. The highest BCUT2D eigenvalue weighted by atomic mass is 127. The molecule has 0 saturated carbocycles. The Hall–Kier alpha value is -1.26. The molecule has 0 amide bonds. The molecule has 1 heterocycles. The number of nitrogens with one attached hydrogen (secondary N) is 2. The van der Waals surface area contributed by atoms with Gasteiger partial charge in [0.2, 0.25) is 0 Å². The molecule has 154 valence electrons. The van der Waals surface area contributed by atoms with Crippen LogP contribution in [0.2, 0.25) is 0 Å². The van der Waals surface area contributed by atoms with Crippen LogP contribution in [0.25, 0.3) is 0 Å². The molecule has 1 aromatic rings. The van der Waals surface area contributed by atoms with E-state index in [1.165, 1.54) is 0 Å². The van der Waals surface area contributed by atoms with Crippen LogP contribution in [-0.4, -0.2) is 71.0 Å². The van der Waals surface area contributed by atoms with Crippen molar-refractivity contribution in [2.45, 2.75) is 19.9 Å². The monoisotopic (exact) mass is 492 g/mol. The summed E-state index contributed by atoms with van der Waals surface area (Å²) in [5.74, 6) is 2.34. The minimum absolute atomic E-state index is 0. The van der Waals surface area contributed by atoms with Crippen molar-refractivity contribution in [2.24, 2.45) is 4.99 Å². The van der Waals surface area contributed by atoms with Crippen molar-refractivity contribution < 1.29 is 14.2 Å². The molecule has 1 fully saturated rings. The van der Waals surface area contributed by atoms with Crippen LogP contribution in [0.15, 0.2) is 23.2 Å². The number of morpholine rings is 1. The summed E-state index contributed by atoms with van der Waals surface area (Å²) < 4.78 is 16.5. The van der Waals surface area contributed by atoms with Gasteiger partial charge in [-0.3, -0.25) is 9.89 Å². The van der Waals surface area contributed by atoms with Crippen molar-refractivity contribution in [3.05, 3.63) is 23.8 Å². The van der Waals surface area contributed by atoms with Crippen LogP contribution in [0.5, 0.6) is 11.5 Å². The van der Waals surface area contributed by atoms with Gasteiger partial charge in [-0.1, -0.05) is 13.0 Å². The van der Waals surface area contributed by atoms with Gasteiger partial charge in [0.05, 0.1) is 26.9 Å². The molecule has 0 radical (unpaired) electrons. The molecular formula is C19H33IN4O3. The zero-order valence-electron chi connectivity index (χ0n) is 16.6. The summed E-state index contributed by atoms with van der Waals surface area (Å²) in [6.45, 7) is 8.94. The Morgan fingerprint density at radius 3 is 2.67 bits per heavy atom. The van der Waals surface area contributed by atoms with Crippen LogP contribution >= 0.6 is 24.0 Å². The molecule has 7 nitrogen and oxygen atoms in total. The van der Waals surface area contributed by atoms with Crippen molar-refractivity contribution in [3.8, 4) is 11.5 Å². The Bertz CT molecular complexity index is 566. The SMILES string of the molecule is CCCOc1ccc(CNC(=NC)NCCN2CCOCC2)cc1OC.I. The van der Waals surface area contributed by atoms with E-state index in [9.17, 15) is 0 Å². The van der Waals surface area contributed by atoms with Crippen LogP contribution < -0.4 is 20.1 Å². The summed E-state index contributed by atoms with van der Waals surface area (Å²) in [6, 6.07) is 6.00. The smallest absolute Gasteiger partial charge is 0.191 e. The largest absolute Gasteiger partial charge is 0.493 e. The maximum atomic E-state index is 5.69. The molecule has 2 N–H and O–H groups in total. The zero-order chi connectivity index (χ0) is 18.6. The molecule has 0 atom stereocenters. The molecule has 2 rings (SSSR count). The summed E-state index contributed by atoms with van der Waals surface area (Å²) in [5, 5.41) is 6.69. The normalized spacial score (nSPS) is 15.0. The molecule has 0 bridgehead atoms. The lowest BCUT2D eigenvalue weighted by Crippen LogP contribution is -2.44. The fourth-order valence-corrected chi connectivity index (χ4v) is 2.72. The van der Waals surface area contributed by atoms with Gasteiger partial charge in [-0.15, -0.1) is 24.0 Å². The van der Waals surface area contributed by atoms with Gasteiger partial charge in [0.15, 0.2) is 17.5 Å². The quantitative estimate of drug-likeness (QED) is 0.313. The van der Waals surface area contributed by atoms with Gasteiger partial charge in [-0.2, -0.15) is 0 Å². The van der Waals surface area contributed by atoms with Gasteiger partial charge in [-0.25, -0.2) is 0 Å². The van der Waals surface area contributed by atoms with Crippen LogP contribution in [0.4, 0.5) is 0 Å². The highest BCUT2D eigenvalue weighted by molar-refractivity contribution is 14.0. The Labute approximate surface area is 179 Å². The van der Waals surface area contributed by atoms with Crippen LogP contribution in [0.3, 0.4) is 0 Å². The van der Waals surface area contributed by atoms with E-state index in [-0.39, 0.29) is 24.0 Å². The molecular weight excluding hydrogens is 459 g/mol. The lowest BCUT2D eigenvalue weighted by atomic mass is 10.2. The number of aliphatic imine (C=N–C) groups is 1. The number of halogens is 1. The third kappa shape index (κ3) is 8.52. The van der Waals surface area contributed by atoms with Crippen LogP contribution in [0, 0.1) is 0 Å². The van der Waals surface area contributed by atoms with Gasteiger partial charge in [0.1, 0.15) is 0 Å². The van der Waals surface area contributed by atoms with Gasteiger partial charge >= 0.3 is 0 Å². The second-order valence-corrected chi connectivity index (χ2v) is 6.14. The van der Waals surface area contributed by atoms with Gasteiger partial charge in [0, 0.05) is 39.8 Å². The third-order valence-electron chi connectivity index (χ3n) is 4.20. The third-order valence-corrected chi connectivity index (χ3v) is 4.20. The molecule has 0 aromatic heterocycles. The second-order valence-electron chi connectivity index (χ2n) is 6.14. The lowest BCUT2D eigenvalue weighted by molar-refractivity contribution is 0.0389. The molecule has 0 spiro atoms. The van der Waals surface area contributed by atoms with E-state index in [0.717, 1.165) is 68.8 Å². The van der Waals surface area contributed by atoms with Crippen molar-refractivity contribution in [1.29, 1.82) is 0 Å². The van der Waals surface area contributed by atoms with E-state index < -0.39 is 0 Å². The summed E-state index contributed by atoms with van der Waals surface area (Å²) in [7, 11) is 3.45. The first-order chi connectivity index (χ1) is 12.8. The first-order valence-electron chi connectivity index (χ1n) is 9.31. The standard InChI is InChI=1S/C19H32N4O3.HI/c1-4-11-26-17-6-5-16(14-18(17)24-3)15-22-19(20-2)21-7-8-23-9-12-25-13-10-23;/h5-6,14H,4,7-13,15H2,1-3H3,(H2,20,21,22);1H. The Morgan fingerprint density at radius 2 is 2.00 bits per heavy atom. The highest BCUT2D eigenvalue weighted by Gasteiger charge is 2.10. The first-order valence-corrected chi connectivity index (χ1v) is 9.31. The average molecular weight is 492 g/mol. The maximum absolute atomic E-state index is 5.69. The second kappa shape index (κ2) is 13.8.